The number of aromatic amines is 3. The fourth-order valence-corrected chi connectivity index (χ4v) is 7.37. The Morgan fingerprint density at radius 1 is 0.745 bits per heavy atom. The third kappa shape index (κ3) is 17.4. The third-order valence-electron chi connectivity index (χ3n) is 6.62. The van der Waals surface area contributed by atoms with Gasteiger partial charge in [0.05, 0.1) is 18.6 Å². The maximum absolute atomic E-state index is 11.4. The number of hydrogen-bond donors (Lipinski definition) is 3. The van der Waals surface area contributed by atoms with E-state index in [-0.39, 0.29) is 15.7 Å². The second-order valence-electron chi connectivity index (χ2n) is 10.9. The Bertz CT molecular complexity index is 1660. The Balaban J connectivity index is 0.000000483. The van der Waals surface area contributed by atoms with Crippen molar-refractivity contribution in [1.29, 1.82) is 0 Å². The molecule has 19 heteroatoms. The summed E-state index contributed by atoms with van der Waals surface area (Å²) in [5.41, 5.74) is -6.97. The molecular formula is C32H46F6N4O6S3. The van der Waals surface area contributed by atoms with Gasteiger partial charge in [-0.05, 0) is 62.6 Å². The van der Waals surface area contributed by atoms with Crippen LogP contribution in [0.3, 0.4) is 0 Å². The Morgan fingerprint density at radius 3 is 1.71 bits per heavy atom. The van der Waals surface area contributed by atoms with E-state index in [0.717, 1.165) is 50.4 Å². The Kier molecular flexibility index (Phi) is 20.6. The molecule has 0 atom stereocenters. The molecule has 0 fully saturated rings. The Hall–Kier alpha value is -3.03. The number of ether oxygens (including phenoxy) is 2. The number of unbranched alkanes of at least 4 members (excludes halogenated alkanes) is 4. The summed E-state index contributed by atoms with van der Waals surface area (Å²) in [5, 5.41) is 2.52. The van der Waals surface area contributed by atoms with Crippen LogP contribution in [0.5, 0.6) is 11.5 Å². The number of sulfonamides is 1. The van der Waals surface area contributed by atoms with Crippen molar-refractivity contribution >= 4 is 43.9 Å². The number of alkyl halides is 6. The van der Waals surface area contributed by atoms with E-state index < -0.39 is 39.6 Å². The van der Waals surface area contributed by atoms with E-state index >= 15 is 0 Å². The number of fused-ring (bicyclic) bond motifs is 1. The van der Waals surface area contributed by atoms with Crippen LogP contribution in [-0.4, -0.2) is 66.3 Å². The molecule has 3 N–H and O–H groups in total. The van der Waals surface area contributed by atoms with E-state index in [4.69, 9.17) is 9.47 Å². The minimum absolute atomic E-state index is 0.0313. The molecule has 0 aliphatic heterocycles. The molecule has 0 bridgehead atoms. The van der Waals surface area contributed by atoms with Crippen molar-refractivity contribution in [2.24, 2.45) is 0 Å². The largest absolute Gasteiger partial charge is 0.534 e. The van der Waals surface area contributed by atoms with E-state index in [1.165, 1.54) is 57.6 Å². The van der Waals surface area contributed by atoms with Gasteiger partial charge in [0.1, 0.15) is 23.0 Å². The van der Waals surface area contributed by atoms with Gasteiger partial charge in [0.25, 0.3) is 0 Å². The lowest BCUT2D eigenvalue weighted by Gasteiger charge is -2.22. The van der Waals surface area contributed by atoms with Crippen molar-refractivity contribution in [3.05, 3.63) is 60.8 Å². The standard InChI is InChI=1S/C26H41O2S.C3H2F6NO2S.C3H3N3O2S/c1-5-9-18-27-23-16-17-25(29(20-11-7-3)21-12-8-4)26-22(23)14-13-15-24(26)28-19-10-6-2;4-2(5,6)1-10-13(11,12)3(7,8)9;7-1-4-2(8)6-3(9)5-1/h13-17H,5-12,18-21H2,1-4H3;1H2;(H3,4,5,6,7,8,9)/q+1;-1;. The van der Waals surface area contributed by atoms with Crippen LogP contribution in [0.1, 0.15) is 79.1 Å². The van der Waals surface area contributed by atoms with Crippen molar-refractivity contribution in [2.75, 3.05) is 31.3 Å². The molecule has 290 valence electrons. The molecule has 3 aromatic rings. The summed E-state index contributed by atoms with van der Waals surface area (Å²) in [5.74, 6) is 4.61. The highest BCUT2D eigenvalue weighted by Gasteiger charge is 2.40. The third-order valence-corrected chi connectivity index (χ3v) is 10.4. The smallest absolute Gasteiger partial charge is 0.480 e. The first-order valence-corrected chi connectivity index (χ1v) is 19.8. The van der Waals surface area contributed by atoms with Gasteiger partial charge in [0, 0.05) is 16.3 Å². The first-order chi connectivity index (χ1) is 23.9. The zero-order chi connectivity index (χ0) is 38.7. The molecular weight excluding hydrogens is 747 g/mol. The van der Waals surface area contributed by atoms with Crippen LogP contribution in [0, 0.1) is 4.77 Å². The highest BCUT2D eigenvalue weighted by atomic mass is 32.2. The van der Waals surface area contributed by atoms with Crippen LogP contribution in [0.15, 0.2) is 44.8 Å². The lowest BCUT2D eigenvalue weighted by atomic mass is 10.1. The average molecular weight is 793 g/mol. The van der Waals surface area contributed by atoms with Gasteiger partial charge in [-0.15, -0.1) is 0 Å². The van der Waals surface area contributed by atoms with Crippen LogP contribution in [0.4, 0.5) is 26.3 Å². The van der Waals surface area contributed by atoms with Crippen LogP contribution in [0.25, 0.3) is 15.5 Å². The van der Waals surface area contributed by atoms with Gasteiger partial charge < -0.3 is 14.2 Å². The fourth-order valence-electron chi connectivity index (χ4n) is 4.05. The molecule has 1 heterocycles. The molecule has 1 aromatic heterocycles. The summed E-state index contributed by atoms with van der Waals surface area (Å²) in [6.07, 6.45) is 4.52. The second-order valence-corrected chi connectivity index (χ2v) is 15.3. The molecule has 2 aromatic carbocycles. The lowest BCUT2D eigenvalue weighted by molar-refractivity contribution is -0.113. The molecule has 0 amide bonds. The topological polar surface area (TPSA) is 148 Å². The summed E-state index contributed by atoms with van der Waals surface area (Å²) in [6.45, 7) is 8.21. The van der Waals surface area contributed by atoms with E-state index in [1.54, 1.807) is 0 Å². The van der Waals surface area contributed by atoms with E-state index in [2.05, 4.69) is 80.2 Å². The minimum Gasteiger partial charge on any atom is -0.534 e. The molecule has 3 rings (SSSR count). The monoisotopic (exact) mass is 792 g/mol. The normalized spacial score (nSPS) is 11.8. The summed E-state index contributed by atoms with van der Waals surface area (Å²) >= 11 is 4.46. The highest BCUT2D eigenvalue weighted by Crippen LogP contribution is 2.39. The predicted molar refractivity (Wildman–Crippen MR) is 192 cm³/mol. The van der Waals surface area contributed by atoms with Gasteiger partial charge in [0.15, 0.2) is 19.7 Å². The average Bonchev–Trinajstić information content (AvgIpc) is 3.04. The Morgan fingerprint density at radius 2 is 1.25 bits per heavy atom. The zero-order valence-corrected chi connectivity index (χ0v) is 31.4. The van der Waals surface area contributed by atoms with Gasteiger partial charge in [-0.1, -0.05) is 65.5 Å². The summed E-state index contributed by atoms with van der Waals surface area (Å²) in [6, 6.07) is 11.0. The van der Waals surface area contributed by atoms with Gasteiger partial charge in [-0.2, -0.15) is 26.3 Å². The number of benzene rings is 2. The van der Waals surface area contributed by atoms with E-state index in [0.29, 0.717) is 0 Å². The highest BCUT2D eigenvalue weighted by molar-refractivity contribution is 7.97. The minimum atomic E-state index is -6.03. The first-order valence-electron chi connectivity index (χ1n) is 16.4. The molecule has 0 saturated carbocycles. The second kappa shape index (κ2) is 22.8. The quantitative estimate of drug-likeness (QED) is 0.0536. The molecule has 51 heavy (non-hydrogen) atoms. The molecule has 0 saturated heterocycles. The SMILES string of the molecule is CCCCOc1ccc([S+](CCCC)CCCC)c2c(OCCCC)cccc12.O=S(=O)([N-]CC(F)(F)F)C(F)(F)F.O=c1[nH]c(=O)[nH]c(=S)[nH]1. The number of H-pyrrole nitrogens is 3. The summed E-state index contributed by atoms with van der Waals surface area (Å²) < 4.78 is 102. The summed E-state index contributed by atoms with van der Waals surface area (Å²) in [7, 11) is -5.76. The van der Waals surface area contributed by atoms with Crippen molar-refractivity contribution < 1.29 is 44.2 Å². The molecule has 10 nitrogen and oxygen atoms in total. The van der Waals surface area contributed by atoms with Crippen molar-refractivity contribution in [2.45, 2.75) is 95.6 Å². The summed E-state index contributed by atoms with van der Waals surface area (Å²) in [4.78, 5) is 28.4. The number of rotatable bonds is 17. The number of hydrogen-bond acceptors (Lipinski definition) is 7. The van der Waals surface area contributed by atoms with Crippen molar-refractivity contribution in [1.82, 2.24) is 15.0 Å². The van der Waals surface area contributed by atoms with Crippen LogP contribution < -0.4 is 20.9 Å². The van der Waals surface area contributed by atoms with E-state index in [9.17, 15) is 44.3 Å². The Labute approximate surface area is 301 Å². The van der Waals surface area contributed by atoms with Crippen LogP contribution in [-0.2, 0) is 20.9 Å². The predicted octanol–water partition coefficient (Wildman–Crippen LogP) is 8.67. The van der Waals surface area contributed by atoms with Gasteiger partial charge >= 0.3 is 23.1 Å². The number of aromatic nitrogens is 3. The maximum Gasteiger partial charge on any atom is 0.480 e. The van der Waals surface area contributed by atoms with Crippen LogP contribution >= 0.6 is 12.2 Å². The lowest BCUT2D eigenvalue weighted by Crippen LogP contribution is -2.25. The number of halogens is 6. The number of nitrogens with zero attached hydrogens (tertiary/aromatic N) is 1. The first kappa shape index (κ1) is 46.0. The van der Waals surface area contributed by atoms with Gasteiger partial charge in [-0.25, -0.2) is 18.0 Å². The van der Waals surface area contributed by atoms with Gasteiger partial charge in [-0.3, -0.25) is 15.0 Å². The molecule has 0 unspecified atom stereocenters. The fraction of sp³-hybridized carbons (Fsp3) is 0.594. The van der Waals surface area contributed by atoms with Crippen molar-refractivity contribution in [3.8, 4) is 11.5 Å². The van der Waals surface area contributed by atoms with Crippen LogP contribution in [0.2, 0.25) is 0 Å². The van der Waals surface area contributed by atoms with E-state index in [1.807, 2.05) is 4.98 Å². The number of nitrogens with one attached hydrogen (secondary N) is 3. The molecule has 0 spiro atoms. The molecule has 0 aliphatic carbocycles. The molecule has 0 aliphatic rings. The zero-order valence-electron chi connectivity index (χ0n) is 29.0. The van der Waals surface area contributed by atoms with Gasteiger partial charge in [0.2, 0.25) is 0 Å². The van der Waals surface area contributed by atoms with Crippen molar-refractivity contribution in [3.63, 3.8) is 0 Å². The maximum atomic E-state index is 11.4. The molecule has 0 radical (unpaired) electrons.